The molecule has 2 amide bonds. The Balaban J connectivity index is 1.17. The average molecular weight is 1010 g/mol. The number of amides is 2. The molecule has 0 saturated carbocycles. The molecule has 1 spiro atoms. The maximum absolute atomic E-state index is 15.0. The standard InChI is InChI=1S/C56H74N6O11/c1-30(2)27-61-24-21-56(22-25-61)59-43-40-41-48(65)36(8)51-42(40)52(67)55(9,73-51)71-26-20-39(70-10)33(5)50(72-54(69)57-38-19-23-62(29-38)28-37-17-12-11-13-18-37)35(7)47(64)34(6)46(63)31(3)15-14-16-32(4)53(68)58-45(49(41)66)44(43)60-56/h11-18,20,26,30-31,33-35,38-39,46-47,50,59,63-66H,19,21-25,27-29H2,1-10H3,(H,57,69)/b15-14+,26-20+,32-16-,58-45?/t31-,33+,34+,35+,38?,39-,46-,47+,50+,55-/m0/s1. The van der Waals surface area contributed by atoms with Gasteiger partial charge in [-0.1, -0.05) is 90.1 Å². The van der Waals surface area contributed by atoms with Gasteiger partial charge >= 0.3 is 11.9 Å². The Hall–Kier alpha value is -5.85. The fourth-order valence-electron chi connectivity index (χ4n) is 11.3. The van der Waals surface area contributed by atoms with Gasteiger partial charge in [0.2, 0.25) is 0 Å². The fraction of sp³-hybridized carbons (Fsp3) is 0.554. The number of phenols is 2. The molecule has 2 fully saturated rings. The average Bonchev–Trinajstić information content (AvgIpc) is 4.04. The van der Waals surface area contributed by atoms with E-state index in [2.05, 4.69) is 51.4 Å². The lowest BCUT2D eigenvalue weighted by atomic mass is 9.78. The number of fused-ring (bicyclic) bond motifs is 13. The van der Waals surface area contributed by atoms with Crippen molar-refractivity contribution in [1.29, 1.82) is 0 Å². The molecule has 9 rings (SSSR count). The first-order valence-corrected chi connectivity index (χ1v) is 25.8. The number of hydrogen-bond acceptors (Lipinski definition) is 15. The Kier molecular flexibility index (Phi) is 15.8. The van der Waals surface area contributed by atoms with Gasteiger partial charge in [0.25, 0.3) is 11.7 Å². The summed E-state index contributed by atoms with van der Waals surface area (Å²) in [5.41, 5.74) is 1.03. The Morgan fingerprint density at radius 3 is 2.33 bits per heavy atom. The van der Waals surface area contributed by atoms with Crippen molar-refractivity contribution in [2.45, 2.75) is 130 Å². The molecule has 6 N–H and O–H groups in total. The second kappa shape index (κ2) is 21.5. The van der Waals surface area contributed by atoms with E-state index in [0.717, 1.165) is 39.1 Å². The highest BCUT2D eigenvalue weighted by atomic mass is 16.7. The first-order chi connectivity index (χ1) is 34.7. The number of ether oxygens (including phenoxy) is 4. The second-order valence-corrected chi connectivity index (χ2v) is 21.6. The van der Waals surface area contributed by atoms with Crippen LogP contribution in [0.15, 0.2) is 76.5 Å². The number of likely N-dealkylation sites (tertiary alicyclic amines) is 2. The smallest absolute Gasteiger partial charge is 0.407 e. The number of anilines is 1. The molecule has 17 nitrogen and oxygen atoms in total. The normalized spacial score (nSPS) is 31.5. The van der Waals surface area contributed by atoms with Gasteiger partial charge in [-0.05, 0) is 37.8 Å². The van der Waals surface area contributed by atoms with Crippen molar-refractivity contribution in [1.82, 2.24) is 15.1 Å². The minimum absolute atomic E-state index is 0.0492. The van der Waals surface area contributed by atoms with Crippen molar-refractivity contribution in [3.05, 3.63) is 93.9 Å². The first-order valence-electron chi connectivity index (χ1n) is 25.8. The lowest BCUT2D eigenvalue weighted by molar-refractivity contribution is -0.114. The van der Waals surface area contributed by atoms with Gasteiger partial charge in [-0.15, -0.1) is 0 Å². The fourth-order valence-corrected chi connectivity index (χ4v) is 11.3. The highest BCUT2D eigenvalue weighted by Crippen LogP contribution is 2.51. The summed E-state index contributed by atoms with van der Waals surface area (Å²) in [6.07, 6.45) is 4.97. The largest absolute Gasteiger partial charge is 0.507 e. The number of Topliss-reactive ketones (excluding diaryl/α,β-unsaturated/α-hetero) is 1. The summed E-state index contributed by atoms with van der Waals surface area (Å²) >= 11 is 0. The van der Waals surface area contributed by atoms with E-state index in [1.165, 1.54) is 25.9 Å². The molecule has 5 bridgehead atoms. The number of benzene rings is 3. The van der Waals surface area contributed by atoms with Gasteiger partial charge in [0.05, 0.1) is 41.2 Å². The first kappa shape index (κ1) is 53.4. The molecule has 6 aliphatic rings. The van der Waals surface area contributed by atoms with Crippen LogP contribution in [-0.2, 0) is 25.5 Å². The summed E-state index contributed by atoms with van der Waals surface area (Å²) in [5, 5.41) is 54.6. The van der Waals surface area contributed by atoms with E-state index in [1.807, 2.05) is 25.1 Å². The number of ketones is 1. The van der Waals surface area contributed by atoms with Crippen LogP contribution in [-0.4, -0.2) is 130 Å². The van der Waals surface area contributed by atoms with Gasteiger partial charge in [0, 0.05) is 112 Å². The lowest BCUT2D eigenvalue weighted by Gasteiger charge is -2.38. The van der Waals surface area contributed by atoms with Crippen LogP contribution in [0.4, 0.5) is 10.5 Å². The van der Waals surface area contributed by atoms with Crippen molar-refractivity contribution in [3.8, 4) is 17.2 Å². The van der Waals surface area contributed by atoms with E-state index in [4.69, 9.17) is 23.9 Å². The Morgan fingerprint density at radius 2 is 1.64 bits per heavy atom. The maximum atomic E-state index is 15.0. The number of nitrogens with zero attached hydrogens (tertiary/aromatic N) is 4. The summed E-state index contributed by atoms with van der Waals surface area (Å²) < 4.78 is 24.9. The monoisotopic (exact) mass is 1010 g/mol. The molecule has 0 aromatic heterocycles. The number of hydrogen-bond donors (Lipinski definition) is 6. The van der Waals surface area contributed by atoms with Crippen LogP contribution in [0, 0.1) is 36.5 Å². The van der Waals surface area contributed by atoms with E-state index >= 15 is 0 Å². The van der Waals surface area contributed by atoms with Gasteiger partial charge in [-0.25, -0.2) is 9.79 Å². The van der Waals surface area contributed by atoms with Gasteiger partial charge < -0.3 is 54.9 Å². The molecular formula is C56H74N6O11. The minimum Gasteiger partial charge on any atom is -0.507 e. The highest BCUT2D eigenvalue weighted by Gasteiger charge is 2.51. The highest BCUT2D eigenvalue weighted by molar-refractivity contribution is 6.21. The van der Waals surface area contributed by atoms with E-state index < -0.39 is 83.1 Å². The number of alkyl carbamates (subject to hydrolysis) is 1. The van der Waals surface area contributed by atoms with Crippen molar-refractivity contribution >= 4 is 34.2 Å². The summed E-state index contributed by atoms with van der Waals surface area (Å²) in [6, 6.07) is 9.96. The van der Waals surface area contributed by atoms with Gasteiger partial charge in [0.15, 0.2) is 5.75 Å². The van der Waals surface area contributed by atoms with Crippen molar-refractivity contribution < 1.29 is 53.8 Å². The SMILES string of the molecule is CO[C@H]1/C=C/O[C@@]2(C)Oc3c(C)c(O)c4c(O)c(c5c(c4c3C2=O)NC2(CCN(CC(C)C)CC2)N=5)=NC(=O)/C(C)=C\C=C\[C@H](C)[C@H](O)[C@@H](C)[C@@H](O)[C@@H](C)[C@H](OC(=O)NC2CCN(Cc3ccccc3)C2)[C@@H]1C. The second-order valence-electron chi connectivity index (χ2n) is 21.6. The molecule has 3 aromatic rings. The molecule has 1 unspecified atom stereocenters. The van der Waals surface area contributed by atoms with Gasteiger partial charge in [-0.3, -0.25) is 19.5 Å². The predicted molar refractivity (Wildman–Crippen MR) is 276 cm³/mol. The van der Waals surface area contributed by atoms with E-state index in [9.17, 15) is 34.8 Å². The van der Waals surface area contributed by atoms with Crippen molar-refractivity contribution in [2.75, 3.05) is 45.2 Å². The summed E-state index contributed by atoms with van der Waals surface area (Å²) in [6.45, 7) is 20.6. The van der Waals surface area contributed by atoms with Crippen LogP contribution >= 0.6 is 0 Å². The quantitative estimate of drug-likeness (QED) is 0.145. The van der Waals surface area contributed by atoms with Crippen LogP contribution in [0.3, 0.4) is 0 Å². The number of carbonyl (C=O) groups excluding carboxylic acids is 3. The Labute approximate surface area is 427 Å². The van der Waals surface area contributed by atoms with Crippen LogP contribution < -0.4 is 26.1 Å². The van der Waals surface area contributed by atoms with Crippen LogP contribution in [0.25, 0.3) is 10.8 Å². The molecule has 0 radical (unpaired) electrons. The predicted octanol–water partition coefficient (Wildman–Crippen LogP) is 6.19. The summed E-state index contributed by atoms with van der Waals surface area (Å²) in [7, 11) is 1.49. The minimum atomic E-state index is -1.98. The van der Waals surface area contributed by atoms with E-state index in [1.54, 1.807) is 58.9 Å². The number of piperidine rings is 1. The van der Waals surface area contributed by atoms with E-state index in [0.29, 0.717) is 31.0 Å². The van der Waals surface area contributed by atoms with Gasteiger partial charge in [0.1, 0.15) is 34.0 Å². The molecule has 3 aromatic carbocycles. The third kappa shape index (κ3) is 10.7. The number of phenolic OH excluding ortho intramolecular Hbond substituents is 2. The molecule has 73 heavy (non-hydrogen) atoms. The summed E-state index contributed by atoms with van der Waals surface area (Å²) in [5.74, 6) is -6.28. The zero-order valence-electron chi connectivity index (χ0n) is 43.8. The Morgan fingerprint density at radius 1 is 0.932 bits per heavy atom. The number of methoxy groups -OCH3 is 1. The number of nitrogens with one attached hydrogen (secondary N) is 2. The molecule has 6 aliphatic heterocycles. The number of carbonyl (C=O) groups is 3. The molecule has 2 saturated heterocycles. The van der Waals surface area contributed by atoms with Crippen molar-refractivity contribution in [3.63, 3.8) is 0 Å². The number of allylic oxidation sites excluding steroid dienone is 2. The van der Waals surface area contributed by atoms with Crippen LogP contribution in [0.2, 0.25) is 0 Å². The molecule has 6 heterocycles. The lowest BCUT2D eigenvalue weighted by Crippen LogP contribution is -2.48. The third-order valence-electron chi connectivity index (χ3n) is 15.7. The molecule has 0 aliphatic carbocycles. The van der Waals surface area contributed by atoms with Crippen molar-refractivity contribution in [2.24, 2.45) is 39.6 Å². The maximum Gasteiger partial charge on any atom is 0.407 e. The number of rotatable bonds is 7. The van der Waals surface area contributed by atoms with E-state index in [-0.39, 0.29) is 55.7 Å². The third-order valence-corrected chi connectivity index (χ3v) is 15.7. The number of aliphatic hydroxyl groups excluding tert-OH is 2. The molecule has 394 valence electrons. The molecule has 17 heteroatoms. The topological polar surface area (TPSA) is 224 Å². The number of aliphatic hydroxyl groups is 2. The summed E-state index contributed by atoms with van der Waals surface area (Å²) in [4.78, 5) is 57.1. The van der Waals surface area contributed by atoms with Gasteiger partial charge in [-0.2, -0.15) is 0 Å². The molecular weight excluding hydrogens is 933 g/mol. The zero-order valence-corrected chi connectivity index (χ0v) is 43.8. The number of aromatic hydroxyl groups is 2. The van der Waals surface area contributed by atoms with Crippen LogP contribution in [0.1, 0.15) is 96.1 Å². The molecule has 10 atom stereocenters. The zero-order chi connectivity index (χ0) is 52.7. The van der Waals surface area contributed by atoms with Crippen LogP contribution in [0.5, 0.6) is 17.2 Å². The Bertz CT molecular complexity index is 2810.